The Morgan fingerprint density at radius 3 is 2.48 bits per heavy atom. The molecule has 0 atom stereocenters. The summed E-state index contributed by atoms with van der Waals surface area (Å²) >= 11 is 2.63. The lowest BCUT2D eigenvalue weighted by Crippen LogP contribution is -2.00. The van der Waals surface area contributed by atoms with Crippen LogP contribution in [0.2, 0.25) is 0 Å². The van der Waals surface area contributed by atoms with E-state index in [4.69, 9.17) is 5.11 Å². The number of nitrogens with one attached hydrogen (secondary N) is 1. The van der Waals surface area contributed by atoms with Gasteiger partial charge in [-0.3, -0.25) is 4.79 Å². The number of nitrogens with zero attached hydrogens (tertiary/aromatic N) is 2. The second-order valence-corrected chi connectivity index (χ2v) is 7.16. The number of carboxylic acids is 1. The summed E-state index contributed by atoms with van der Waals surface area (Å²) in [6.07, 6.45) is 10.4. The van der Waals surface area contributed by atoms with E-state index in [2.05, 4.69) is 22.4 Å². The highest BCUT2D eigenvalue weighted by molar-refractivity contribution is 8.01. The molecular weight excluding hydrogens is 306 g/mol. The molecule has 0 saturated carbocycles. The summed E-state index contributed by atoms with van der Waals surface area (Å²) in [6.45, 7) is 3.15. The molecule has 1 aromatic heterocycles. The maximum absolute atomic E-state index is 10.5. The molecule has 0 spiro atoms. The highest BCUT2D eigenvalue weighted by Crippen LogP contribution is 2.25. The van der Waals surface area contributed by atoms with Crippen molar-refractivity contribution in [2.75, 3.05) is 17.6 Å². The Balaban J connectivity index is 1.99. The third-order valence-corrected chi connectivity index (χ3v) is 5.03. The smallest absolute Gasteiger partial charge is 0.313 e. The molecule has 0 aliphatic carbocycles. The Labute approximate surface area is 134 Å². The van der Waals surface area contributed by atoms with Crippen molar-refractivity contribution in [2.24, 2.45) is 0 Å². The Hall–Kier alpha value is -0.820. The number of hydrogen-bond acceptors (Lipinski definition) is 6. The average Bonchev–Trinajstić information content (AvgIpc) is 2.91. The zero-order valence-corrected chi connectivity index (χ0v) is 14.3. The zero-order chi connectivity index (χ0) is 15.3. The topological polar surface area (TPSA) is 75.1 Å². The van der Waals surface area contributed by atoms with Crippen LogP contribution in [0.5, 0.6) is 0 Å². The molecular formula is C14H25N3O2S2. The van der Waals surface area contributed by atoms with Crippen LogP contribution in [0.1, 0.15) is 58.3 Å². The third kappa shape index (κ3) is 9.68. The number of aromatic nitrogens is 2. The van der Waals surface area contributed by atoms with Crippen molar-refractivity contribution in [1.82, 2.24) is 10.2 Å². The third-order valence-electron chi connectivity index (χ3n) is 3.03. The van der Waals surface area contributed by atoms with E-state index in [0.717, 1.165) is 18.1 Å². The molecule has 0 unspecified atom stereocenters. The van der Waals surface area contributed by atoms with Gasteiger partial charge in [0.2, 0.25) is 5.13 Å². The van der Waals surface area contributed by atoms with E-state index in [1.165, 1.54) is 68.0 Å². The number of carbonyl (C=O) groups is 1. The molecule has 0 fully saturated rings. The summed E-state index contributed by atoms with van der Waals surface area (Å²) in [5, 5.41) is 20.6. The fourth-order valence-corrected chi connectivity index (χ4v) is 3.41. The van der Waals surface area contributed by atoms with E-state index >= 15 is 0 Å². The van der Waals surface area contributed by atoms with Crippen LogP contribution < -0.4 is 5.32 Å². The van der Waals surface area contributed by atoms with Gasteiger partial charge in [-0.2, -0.15) is 0 Å². The van der Waals surface area contributed by atoms with Crippen LogP contribution in [0.15, 0.2) is 4.34 Å². The number of hydrogen-bond donors (Lipinski definition) is 2. The molecule has 1 rings (SSSR count). The number of carboxylic acid groups (broad SMARTS) is 1. The number of unbranched alkanes of at least 4 members (excludes halogenated alkanes) is 7. The fourth-order valence-electron chi connectivity index (χ4n) is 1.92. The highest BCUT2D eigenvalue weighted by atomic mass is 32.2. The van der Waals surface area contributed by atoms with Crippen LogP contribution in [0, 0.1) is 0 Å². The van der Waals surface area contributed by atoms with Gasteiger partial charge in [-0.25, -0.2) is 0 Å². The van der Waals surface area contributed by atoms with Crippen LogP contribution >= 0.6 is 23.1 Å². The molecule has 0 aliphatic rings. The number of anilines is 1. The maximum Gasteiger partial charge on any atom is 0.313 e. The minimum Gasteiger partial charge on any atom is -0.481 e. The minimum absolute atomic E-state index is 0.0344. The normalized spacial score (nSPS) is 10.7. The molecule has 1 heterocycles. The van der Waals surface area contributed by atoms with Gasteiger partial charge < -0.3 is 10.4 Å². The van der Waals surface area contributed by atoms with Crippen molar-refractivity contribution in [3.8, 4) is 0 Å². The molecule has 0 bridgehead atoms. The molecule has 0 radical (unpaired) electrons. The molecule has 0 aromatic carbocycles. The van der Waals surface area contributed by atoms with Crippen molar-refractivity contribution in [2.45, 2.75) is 62.6 Å². The van der Waals surface area contributed by atoms with Crippen LogP contribution in [0.3, 0.4) is 0 Å². The van der Waals surface area contributed by atoms with E-state index in [0.29, 0.717) is 4.34 Å². The first-order valence-corrected chi connectivity index (χ1v) is 9.44. The Bertz CT molecular complexity index is 399. The van der Waals surface area contributed by atoms with Crippen LogP contribution in [0.25, 0.3) is 0 Å². The van der Waals surface area contributed by atoms with E-state index in [-0.39, 0.29) is 5.75 Å². The second-order valence-electron chi connectivity index (χ2n) is 4.96. The molecule has 120 valence electrons. The SMILES string of the molecule is CCCCCCCCCCNc1nnc(SCC(=O)O)s1. The lowest BCUT2D eigenvalue weighted by molar-refractivity contribution is -0.133. The van der Waals surface area contributed by atoms with E-state index in [1.807, 2.05) is 0 Å². The van der Waals surface area contributed by atoms with E-state index in [1.54, 1.807) is 0 Å². The number of rotatable bonds is 13. The second kappa shape index (κ2) is 11.8. The van der Waals surface area contributed by atoms with Gasteiger partial charge in [0, 0.05) is 6.54 Å². The van der Waals surface area contributed by atoms with Gasteiger partial charge in [-0.1, -0.05) is 75.0 Å². The first-order chi connectivity index (χ1) is 10.2. The first-order valence-electron chi connectivity index (χ1n) is 7.64. The Kier molecular flexibility index (Phi) is 10.2. The number of thioether (sulfide) groups is 1. The molecule has 0 amide bonds. The van der Waals surface area contributed by atoms with Crippen LogP contribution in [-0.2, 0) is 4.79 Å². The fraction of sp³-hybridized carbons (Fsp3) is 0.786. The molecule has 7 heteroatoms. The van der Waals surface area contributed by atoms with Crippen molar-refractivity contribution >= 4 is 34.2 Å². The summed E-state index contributed by atoms with van der Waals surface area (Å²) in [5.74, 6) is -0.796. The summed E-state index contributed by atoms with van der Waals surface area (Å²) in [5.41, 5.74) is 0. The molecule has 2 N–H and O–H groups in total. The van der Waals surface area contributed by atoms with Gasteiger partial charge in [0.05, 0.1) is 5.75 Å². The number of aliphatic carboxylic acids is 1. The molecule has 0 saturated heterocycles. The molecule has 0 aliphatic heterocycles. The van der Waals surface area contributed by atoms with Crippen LogP contribution in [-0.4, -0.2) is 33.6 Å². The maximum atomic E-state index is 10.5. The summed E-state index contributed by atoms with van der Waals surface area (Å²) in [7, 11) is 0. The standard InChI is InChI=1S/C14H25N3O2S2/c1-2-3-4-5-6-7-8-9-10-15-13-16-17-14(21-13)20-11-12(18)19/h2-11H2,1H3,(H,15,16)(H,18,19). The van der Waals surface area contributed by atoms with Gasteiger partial charge >= 0.3 is 5.97 Å². The average molecular weight is 332 g/mol. The van der Waals surface area contributed by atoms with Gasteiger partial charge in [0.1, 0.15) is 0 Å². The quantitative estimate of drug-likeness (QED) is 0.415. The lowest BCUT2D eigenvalue weighted by Gasteiger charge is -2.02. The monoisotopic (exact) mass is 331 g/mol. The van der Waals surface area contributed by atoms with Gasteiger partial charge in [0.15, 0.2) is 4.34 Å². The first kappa shape index (κ1) is 18.2. The van der Waals surface area contributed by atoms with Gasteiger partial charge in [-0.05, 0) is 6.42 Å². The van der Waals surface area contributed by atoms with E-state index < -0.39 is 5.97 Å². The van der Waals surface area contributed by atoms with Gasteiger partial charge in [-0.15, -0.1) is 10.2 Å². The summed E-state index contributed by atoms with van der Waals surface area (Å²) < 4.78 is 0.704. The van der Waals surface area contributed by atoms with Crippen LogP contribution in [0.4, 0.5) is 5.13 Å². The zero-order valence-electron chi connectivity index (χ0n) is 12.6. The Morgan fingerprint density at radius 1 is 1.14 bits per heavy atom. The molecule has 1 aromatic rings. The summed E-state index contributed by atoms with van der Waals surface area (Å²) in [4.78, 5) is 10.5. The largest absolute Gasteiger partial charge is 0.481 e. The minimum atomic E-state index is -0.830. The highest BCUT2D eigenvalue weighted by Gasteiger charge is 2.06. The molecule has 21 heavy (non-hydrogen) atoms. The van der Waals surface area contributed by atoms with E-state index in [9.17, 15) is 4.79 Å². The lowest BCUT2D eigenvalue weighted by atomic mass is 10.1. The van der Waals surface area contributed by atoms with Crippen molar-refractivity contribution < 1.29 is 9.90 Å². The molecule has 5 nitrogen and oxygen atoms in total. The van der Waals surface area contributed by atoms with Crippen molar-refractivity contribution in [3.63, 3.8) is 0 Å². The van der Waals surface area contributed by atoms with Gasteiger partial charge in [0.25, 0.3) is 0 Å². The van der Waals surface area contributed by atoms with Crippen molar-refractivity contribution in [3.05, 3.63) is 0 Å². The predicted octanol–water partition coefficient (Wildman–Crippen LogP) is 4.27. The Morgan fingerprint density at radius 2 is 1.81 bits per heavy atom. The predicted molar refractivity (Wildman–Crippen MR) is 89.4 cm³/mol. The summed E-state index contributed by atoms with van der Waals surface area (Å²) in [6, 6.07) is 0. The van der Waals surface area contributed by atoms with Crippen molar-refractivity contribution in [1.29, 1.82) is 0 Å².